The van der Waals surface area contributed by atoms with Gasteiger partial charge in [0.25, 0.3) is 0 Å². The highest BCUT2D eigenvalue weighted by molar-refractivity contribution is 4.88. The molecule has 0 saturated heterocycles. The minimum atomic E-state index is -0.205. The summed E-state index contributed by atoms with van der Waals surface area (Å²) in [5.41, 5.74) is 0. The van der Waals surface area contributed by atoms with E-state index in [1.54, 1.807) is 0 Å². The Balaban J connectivity index is 3.27. The topological polar surface area (TPSA) is 20.2 Å². The molecular weight excluding hydrogens is 160 g/mol. The van der Waals surface area contributed by atoms with Crippen molar-refractivity contribution >= 4 is 0 Å². The average Bonchev–Trinajstić information content (AvgIpc) is 2.13. The van der Waals surface area contributed by atoms with Gasteiger partial charge in [0.05, 0.1) is 6.10 Å². The van der Waals surface area contributed by atoms with Crippen molar-refractivity contribution in [2.75, 3.05) is 0 Å². The fraction of sp³-hybridized carbons (Fsp3) is 0.833. The molecule has 0 aromatic rings. The molecule has 1 N–H and O–H groups in total. The van der Waals surface area contributed by atoms with Crippen LogP contribution in [-0.4, -0.2) is 11.2 Å². The van der Waals surface area contributed by atoms with Crippen LogP contribution in [0.3, 0.4) is 0 Å². The van der Waals surface area contributed by atoms with Gasteiger partial charge >= 0.3 is 0 Å². The van der Waals surface area contributed by atoms with Gasteiger partial charge in [0.1, 0.15) is 0 Å². The Kier molecular flexibility index (Phi) is 9.56. The predicted molar refractivity (Wildman–Crippen MR) is 58.8 cm³/mol. The van der Waals surface area contributed by atoms with Crippen LogP contribution in [0.4, 0.5) is 0 Å². The van der Waals surface area contributed by atoms with E-state index < -0.39 is 0 Å². The van der Waals surface area contributed by atoms with Crippen LogP contribution in [0.5, 0.6) is 0 Å². The quantitative estimate of drug-likeness (QED) is 0.451. The third-order valence-electron chi connectivity index (χ3n) is 2.19. The van der Waals surface area contributed by atoms with E-state index in [-0.39, 0.29) is 6.10 Å². The molecule has 0 heterocycles. The molecule has 0 aromatic heterocycles. The lowest BCUT2D eigenvalue weighted by molar-refractivity contribution is 0.208. The molecule has 0 saturated carbocycles. The highest BCUT2D eigenvalue weighted by Crippen LogP contribution is 2.05. The summed E-state index contributed by atoms with van der Waals surface area (Å²) in [7, 11) is 0. The number of rotatable bonds is 8. The van der Waals surface area contributed by atoms with Crippen LogP contribution in [0.25, 0.3) is 0 Å². The van der Waals surface area contributed by atoms with Crippen molar-refractivity contribution in [3.05, 3.63) is 12.2 Å². The summed E-state index contributed by atoms with van der Waals surface area (Å²) < 4.78 is 0. The van der Waals surface area contributed by atoms with E-state index in [1.807, 2.05) is 6.08 Å². The fourth-order valence-corrected chi connectivity index (χ4v) is 1.27. The SMILES string of the molecule is CCCC/C=C/[C@@H](O)CCCCC. The summed E-state index contributed by atoms with van der Waals surface area (Å²) in [5.74, 6) is 0. The number of hydrogen-bond acceptors (Lipinski definition) is 1. The van der Waals surface area contributed by atoms with Gasteiger partial charge in [-0.25, -0.2) is 0 Å². The first-order valence-electron chi connectivity index (χ1n) is 5.66. The molecule has 0 fully saturated rings. The van der Waals surface area contributed by atoms with Crippen LogP contribution in [-0.2, 0) is 0 Å². The summed E-state index contributed by atoms with van der Waals surface area (Å²) in [6, 6.07) is 0. The third kappa shape index (κ3) is 9.62. The molecule has 0 aromatic carbocycles. The average molecular weight is 184 g/mol. The molecular formula is C12H24O. The van der Waals surface area contributed by atoms with Gasteiger partial charge in [-0.2, -0.15) is 0 Å². The van der Waals surface area contributed by atoms with Gasteiger partial charge in [-0.1, -0.05) is 58.1 Å². The molecule has 1 nitrogen and oxygen atoms in total. The van der Waals surface area contributed by atoms with E-state index in [1.165, 1.54) is 25.7 Å². The van der Waals surface area contributed by atoms with Crippen LogP contribution in [0.1, 0.15) is 58.8 Å². The maximum Gasteiger partial charge on any atom is 0.0720 e. The summed E-state index contributed by atoms with van der Waals surface area (Å²) >= 11 is 0. The van der Waals surface area contributed by atoms with E-state index >= 15 is 0 Å². The minimum Gasteiger partial charge on any atom is -0.389 e. The van der Waals surface area contributed by atoms with Crippen molar-refractivity contribution < 1.29 is 5.11 Å². The van der Waals surface area contributed by atoms with Crippen molar-refractivity contribution in [1.82, 2.24) is 0 Å². The van der Waals surface area contributed by atoms with E-state index in [0.29, 0.717) is 0 Å². The monoisotopic (exact) mass is 184 g/mol. The van der Waals surface area contributed by atoms with Crippen LogP contribution >= 0.6 is 0 Å². The van der Waals surface area contributed by atoms with E-state index in [9.17, 15) is 5.11 Å². The number of unbranched alkanes of at least 4 members (excludes halogenated alkanes) is 4. The second-order valence-electron chi connectivity index (χ2n) is 3.63. The van der Waals surface area contributed by atoms with Gasteiger partial charge in [0.15, 0.2) is 0 Å². The molecule has 13 heavy (non-hydrogen) atoms. The van der Waals surface area contributed by atoms with E-state index in [2.05, 4.69) is 19.9 Å². The molecule has 0 aliphatic rings. The molecule has 0 amide bonds. The Morgan fingerprint density at radius 1 is 1.08 bits per heavy atom. The summed E-state index contributed by atoms with van der Waals surface area (Å²) in [5, 5.41) is 9.49. The van der Waals surface area contributed by atoms with Crippen molar-refractivity contribution in [3.8, 4) is 0 Å². The van der Waals surface area contributed by atoms with Gasteiger partial charge in [0.2, 0.25) is 0 Å². The first-order chi connectivity index (χ1) is 6.31. The van der Waals surface area contributed by atoms with Crippen LogP contribution in [0.15, 0.2) is 12.2 Å². The standard InChI is InChI=1S/C12H24O/c1-3-5-7-9-11-12(13)10-8-6-4-2/h9,11-13H,3-8,10H2,1-2H3/b11-9+/t12-/m0/s1. The summed E-state index contributed by atoms with van der Waals surface area (Å²) in [6.07, 6.45) is 12.0. The molecule has 0 unspecified atom stereocenters. The third-order valence-corrected chi connectivity index (χ3v) is 2.19. The Morgan fingerprint density at radius 2 is 1.77 bits per heavy atom. The molecule has 1 heteroatoms. The number of allylic oxidation sites excluding steroid dienone is 1. The summed E-state index contributed by atoms with van der Waals surface area (Å²) in [6.45, 7) is 4.37. The molecule has 0 spiro atoms. The number of hydrogen-bond donors (Lipinski definition) is 1. The second kappa shape index (κ2) is 9.79. The molecule has 0 bridgehead atoms. The molecule has 78 valence electrons. The second-order valence-corrected chi connectivity index (χ2v) is 3.63. The Morgan fingerprint density at radius 3 is 2.38 bits per heavy atom. The zero-order valence-electron chi connectivity index (χ0n) is 9.13. The zero-order chi connectivity index (χ0) is 9.94. The van der Waals surface area contributed by atoms with Crippen LogP contribution in [0, 0.1) is 0 Å². The van der Waals surface area contributed by atoms with Crippen molar-refractivity contribution in [3.63, 3.8) is 0 Å². The minimum absolute atomic E-state index is 0.205. The highest BCUT2D eigenvalue weighted by atomic mass is 16.3. The van der Waals surface area contributed by atoms with Gasteiger partial charge in [0, 0.05) is 0 Å². The van der Waals surface area contributed by atoms with Crippen molar-refractivity contribution in [2.45, 2.75) is 64.9 Å². The van der Waals surface area contributed by atoms with Crippen molar-refractivity contribution in [1.29, 1.82) is 0 Å². The molecule has 0 radical (unpaired) electrons. The van der Waals surface area contributed by atoms with Crippen LogP contribution in [0.2, 0.25) is 0 Å². The first kappa shape index (κ1) is 12.7. The predicted octanol–water partition coefficient (Wildman–Crippen LogP) is 3.67. The zero-order valence-corrected chi connectivity index (χ0v) is 9.13. The maximum atomic E-state index is 9.49. The van der Waals surface area contributed by atoms with E-state index in [0.717, 1.165) is 19.3 Å². The lowest BCUT2D eigenvalue weighted by Crippen LogP contribution is -2.01. The van der Waals surface area contributed by atoms with Crippen LogP contribution < -0.4 is 0 Å². The Bertz CT molecular complexity index is 118. The largest absolute Gasteiger partial charge is 0.389 e. The number of aliphatic hydroxyl groups excluding tert-OH is 1. The molecule has 0 rings (SSSR count). The lowest BCUT2D eigenvalue weighted by atomic mass is 10.1. The van der Waals surface area contributed by atoms with Gasteiger partial charge in [-0.05, 0) is 12.8 Å². The van der Waals surface area contributed by atoms with Gasteiger partial charge in [-0.15, -0.1) is 0 Å². The smallest absolute Gasteiger partial charge is 0.0720 e. The normalized spacial score (nSPS) is 13.8. The fourth-order valence-electron chi connectivity index (χ4n) is 1.27. The Labute approximate surface area is 82.9 Å². The molecule has 1 atom stereocenters. The van der Waals surface area contributed by atoms with Gasteiger partial charge < -0.3 is 5.11 Å². The first-order valence-corrected chi connectivity index (χ1v) is 5.66. The molecule has 0 aliphatic carbocycles. The number of aliphatic hydroxyl groups is 1. The lowest BCUT2D eigenvalue weighted by Gasteiger charge is -2.03. The molecule has 0 aliphatic heterocycles. The van der Waals surface area contributed by atoms with E-state index in [4.69, 9.17) is 0 Å². The Hall–Kier alpha value is -0.300. The van der Waals surface area contributed by atoms with Crippen molar-refractivity contribution in [2.24, 2.45) is 0 Å². The highest BCUT2D eigenvalue weighted by Gasteiger charge is 1.96. The maximum absolute atomic E-state index is 9.49. The summed E-state index contributed by atoms with van der Waals surface area (Å²) in [4.78, 5) is 0. The van der Waals surface area contributed by atoms with Gasteiger partial charge in [-0.3, -0.25) is 0 Å².